The van der Waals surface area contributed by atoms with Crippen molar-refractivity contribution in [2.45, 2.75) is 9.92 Å². The fraction of sp³-hybridized carbons (Fsp3) is 0.0435. The second kappa shape index (κ2) is 8.37. The van der Waals surface area contributed by atoms with Gasteiger partial charge in [-0.15, -0.1) is 5.10 Å². The van der Waals surface area contributed by atoms with Crippen molar-refractivity contribution >= 4 is 23.4 Å². The minimum absolute atomic E-state index is 0.715. The maximum atomic E-state index is 6.07. The third-order valence-corrected chi connectivity index (χ3v) is 6.21. The van der Waals surface area contributed by atoms with Gasteiger partial charge in [0.1, 0.15) is 16.4 Å². The Morgan fingerprint density at radius 3 is 2.39 bits per heavy atom. The van der Waals surface area contributed by atoms with Crippen LogP contribution in [0.25, 0.3) is 28.5 Å². The lowest BCUT2D eigenvalue weighted by atomic mass is 10.1. The van der Waals surface area contributed by atoms with Crippen LogP contribution in [0.5, 0.6) is 0 Å². The zero-order valence-corrected chi connectivity index (χ0v) is 18.1. The van der Waals surface area contributed by atoms with Crippen molar-refractivity contribution in [2.75, 3.05) is 0 Å². The molecule has 31 heavy (non-hydrogen) atoms. The molecule has 0 saturated carbocycles. The van der Waals surface area contributed by atoms with Crippen molar-refractivity contribution in [1.82, 2.24) is 29.5 Å². The largest absolute Gasteiger partial charge is 0.320 e. The monoisotopic (exact) mass is 444 g/mol. The molecule has 5 aromatic rings. The van der Waals surface area contributed by atoms with Gasteiger partial charge in [0.05, 0.1) is 18.1 Å². The fourth-order valence-corrected chi connectivity index (χ4v) is 4.35. The molecule has 8 heteroatoms. The molecule has 0 fully saturated rings. The number of imidazole rings is 1. The summed E-state index contributed by atoms with van der Waals surface area (Å²) in [6.45, 7) is 0. The summed E-state index contributed by atoms with van der Waals surface area (Å²) in [6.07, 6.45) is 5.26. The smallest absolute Gasteiger partial charge is 0.159 e. The average Bonchev–Trinajstić information content (AvgIpc) is 3.45. The van der Waals surface area contributed by atoms with Crippen LogP contribution < -0.4 is 0 Å². The van der Waals surface area contributed by atoms with Gasteiger partial charge < -0.3 is 4.57 Å². The predicted molar refractivity (Wildman–Crippen MR) is 122 cm³/mol. The maximum absolute atomic E-state index is 6.07. The summed E-state index contributed by atoms with van der Waals surface area (Å²) in [7, 11) is 2.02. The van der Waals surface area contributed by atoms with E-state index in [2.05, 4.69) is 19.9 Å². The molecule has 0 aliphatic rings. The molecule has 3 heterocycles. The lowest BCUT2D eigenvalue weighted by molar-refractivity contribution is 0.803. The van der Waals surface area contributed by atoms with Gasteiger partial charge in [0, 0.05) is 28.7 Å². The van der Waals surface area contributed by atoms with Crippen LogP contribution in [0.4, 0.5) is 0 Å². The lowest BCUT2D eigenvalue weighted by Crippen LogP contribution is -1.96. The maximum Gasteiger partial charge on any atom is 0.159 e. The van der Waals surface area contributed by atoms with Crippen molar-refractivity contribution in [3.05, 3.63) is 90.3 Å². The molecular weight excluding hydrogens is 428 g/mol. The molecule has 0 atom stereocenters. The summed E-state index contributed by atoms with van der Waals surface area (Å²) in [6, 6.07) is 21.8. The highest BCUT2D eigenvalue weighted by molar-refractivity contribution is 7.99. The molecule has 2 aromatic carbocycles. The Kier molecular flexibility index (Phi) is 5.28. The van der Waals surface area contributed by atoms with Crippen LogP contribution in [0.1, 0.15) is 0 Å². The van der Waals surface area contributed by atoms with E-state index in [9.17, 15) is 0 Å². The molecule has 0 saturated heterocycles. The van der Waals surface area contributed by atoms with Crippen LogP contribution in [0, 0.1) is 0 Å². The van der Waals surface area contributed by atoms with Gasteiger partial charge in [0.25, 0.3) is 0 Å². The van der Waals surface area contributed by atoms with Gasteiger partial charge >= 0.3 is 0 Å². The summed E-state index contributed by atoms with van der Waals surface area (Å²) >= 11 is 7.72. The highest BCUT2D eigenvalue weighted by Crippen LogP contribution is 2.38. The molecule has 5 rings (SSSR count). The normalized spacial score (nSPS) is 11.0. The lowest BCUT2D eigenvalue weighted by Gasteiger charge is -2.08. The molecule has 0 aliphatic heterocycles. The van der Waals surface area contributed by atoms with Gasteiger partial charge in [-0.1, -0.05) is 46.8 Å². The fourth-order valence-electron chi connectivity index (χ4n) is 3.24. The molecule has 0 radical (unpaired) electrons. The van der Waals surface area contributed by atoms with Crippen molar-refractivity contribution in [1.29, 1.82) is 0 Å². The van der Waals surface area contributed by atoms with Crippen LogP contribution in [0.15, 0.2) is 95.2 Å². The van der Waals surface area contributed by atoms with E-state index in [1.807, 2.05) is 80.0 Å². The second-order valence-electron chi connectivity index (χ2n) is 6.81. The number of nitrogens with zero attached hydrogens (tertiary/aromatic N) is 6. The standard InChI is InChI=1S/C23H17ClN6S/c1-29-22(20-4-2-3-13-25-20)27-21(23(29)31-19-11-7-17(24)8-12-19)16-5-9-18(10-6-16)30-15-14-26-28-30/h2-15H,1H3. The van der Waals surface area contributed by atoms with Crippen molar-refractivity contribution in [2.24, 2.45) is 7.05 Å². The predicted octanol–water partition coefficient (Wildman–Crippen LogP) is 5.53. The number of hydrogen-bond acceptors (Lipinski definition) is 5. The summed E-state index contributed by atoms with van der Waals surface area (Å²) in [5.41, 5.74) is 3.67. The summed E-state index contributed by atoms with van der Waals surface area (Å²) in [5, 5.41) is 9.66. The minimum atomic E-state index is 0.715. The zero-order chi connectivity index (χ0) is 21.2. The number of benzene rings is 2. The first-order chi connectivity index (χ1) is 15.2. The average molecular weight is 445 g/mol. The Balaban J connectivity index is 1.60. The van der Waals surface area contributed by atoms with E-state index in [1.54, 1.807) is 28.8 Å². The van der Waals surface area contributed by atoms with Crippen LogP contribution in [-0.4, -0.2) is 29.5 Å². The molecule has 152 valence electrons. The Bertz CT molecular complexity index is 1300. The first-order valence-electron chi connectivity index (χ1n) is 9.58. The molecule has 0 spiro atoms. The van der Waals surface area contributed by atoms with Crippen molar-refractivity contribution < 1.29 is 0 Å². The van der Waals surface area contributed by atoms with E-state index in [4.69, 9.17) is 16.6 Å². The van der Waals surface area contributed by atoms with E-state index in [0.29, 0.717) is 5.02 Å². The minimum Gasteiger partial charge on any atom is -0.320 e. The van der Waals surface area contributed by atoms with Crippen molar-refractivity contribution in [3.63, 3.8) is 0 Å². The molecule has 0 aliphatic carbocycles. The highest BCUT2D eigenvalue weighted by Gasteiger charge is 2.19. The van der Waals surface area contributed by atoms with E-state index in [-0.39, 0.29) is 0 Å². The van der Waals surface area contributed by atoms with E-state index in [1.165, 1.54) is 0 Å². The zero-order valence-electron chi connectivity index (χ0n) is 16.6. The first kappa shape index (κ1) is 19.5. The Morgan fingerprint density at radius 1 is 0.903 bits per heavy atom. The van der Waals surface area contributed by atoms with Gasteiger partial charge in [0.15, 0.2) is 5.82 Å². The Morgan fingerprint density at radius 2 is 1.71 bits per heavy atom. The second-order valence-corrected chi connectivity index (χ2v) is 8.31. The number of aromatic nitrogens is 6. The number of hydrogen-bond donors (Lipinski definition) is 0. The number of pyridine rings is 1. The Hall–Kier alpha value is -3.42. The number of halogens is 1. The van der Waals surface area contributed by atoms with Gasteiger partial charge in [0.2, 0.25) is 0 Å². The van der Waals surface area contributed by atoms with Gasteiger partial charge in [-0.2, -0.15) is 0 Å². The topological polar surface area (TPSA) is 61.4 Å². The summed E-state index contributed by atoms with van der Waals surface area (Å²) < 4.78 is 3.81. The van der Waals surface area contributed by atoms with Gasteiger partial charge in [-0.05, 0) is 48.5 Å². The van der Waals surface area contributed by atoms with Crippen molar-refractivity contribution in [3.8, 4) is 28.5 Å². The third kappa shape index (κ3) is 3.97. The molecule has 3 aromatic heterocycles. The third-order valence-electron chi connectivity index (χ3n) is 4.79. The SMILES string of the molecule is Cn1c(-c2ccccn2)nc(-c2ccc(-n3ccnn3)cc2)c1Sc1ccc(Cl)cc1. The van der Waals surface area contributed by atoms with Gasteiger partial charge in [-0.25, -0.2) is 9.67 Å². The van der Waals surface area contributed by atoms with Gasteiger partial charge in [-0.3, -0.25) is 4.98 Å². The number of rotatable bonds is 5. The van der Waals surface area contributed by atoms with E-state index >= 15 is 0 Å². The molecular formula is C23H17ClN6S. The Labute approximate surface area is 188 Å². The summed E-state index contributed by atoms with van der Waals surface area (Å²) in [4.78, 5) is 10.6. The van der Waals surface area contributed by atoms with Crippen LogP contribution in [-0.2, 0) is 7.05 Å². The van der Waals surface area contributed by atoms with Crippen LogP contribution in [0.3, 0.4) is 0 Å². The van der Waals surface area contributed by atoms with E-state index < -0.39 is 0 Å². The molecule has 0 unspecified atom stereocenters. The quantitative estimate of drug-likeness (QED) is 0.356. The van der Waals surface area contributed by atoms with Crippen LogP contribution >= 0.6 is 23.4 Å². The molecule has 0 amide bonds. The first-order valence-corrected chi connectivity index (χ1v) is 10.8. The highest BCUT2D eigenvalue weighted by atomic mass is 35.5. The summed E-state index contributed by atoms with van der Waals surface area (Å²) in [5.74, 6) is 0.812. The molecule has 6 nitrogen and oxygen atoms in total. The van der Waals surface area contributed by atoms with Crippen LogP contribution in [0.2, 0.25) is 5.02 Å². The van der Waals surface area contributed by atoms with E-state index in [0.717, 1.165) is 38.4 Å². The molecule has 0 bridgehead atoms. The molecule has 0 N–H and O–H groups in total.